The summed E-state index contributed by atoms with van der Waals surface area (Å²) in [5, 5.41) is 5.28. The van der Waals surface area contributed by atoms with Gasteiger partial charge in [0.2, 0.25) is 0 Å². The van der Waals surface area contributed by atoms with E-state index in [0.717, 1.165) is 26.1 Å². The first-order chi connectivity index (χ1) is 13.6. The summed E-state index contributed by atoms with van der Waals surface area (Å²) in [6, 6.07) is 21.7. The Morgan fingerprint density at radius 3 is 1.39 bits per heavy atom. The van der Waals surface area contributed by atoms with Gasteiger partial charge in [0.15, 0.2) is 0 Å². The van der Waals surface area contributed by atoms with Gasteiger partial charge in [-0.3, -0.25) is 0 Å². The van der Waals surface area contributed by atoms with Crippen LogP contribution in [0, 0.1) is 0 Å². The molecular formula is C20H26O2P2Se4. The van der Waals surface area contributed by atoms with Crippen LogP contribution in [0.1, 0.15) is 25.7 Å². The summed E-state index contributed by atoms with van der Waals surface area (Å²) in [6.45, 7) is 1.75. The van der Waals surface area contributed by atoms with Crippen molar-refractivity contribution in [3.05, 3.63) is 60.7 Å². The average Bonchev–Trinajstić information content (AvgIpc) is 2.74. The van der Waals surface area contributed by atoms with E-state index in [1.54, 1.807) is 0 Å². The molecule has 0 amide bonds. The van der Waals surface area contributed by atoms with Crippen molar-refractivity contribution >= 4 is 78.7 Å². The number of rotatable bonds is 2. The molecule has 8 heteroatoms. The summed E-state index contributed by atoms with van der Waals surface area (Å²) in [6.07, 6.45) is 4.73. The summed E-state index contributed by atoms with van der Waals surface area (Å²) >= 11 is 7.98. The fraction of sp³-hybridized carbons (Fsp3) is 0.400. The standard InChI is InChI=1S/C20H26O2P2Se4/c25-23(19-11-3-1-4-12-19)21-15-7-10-18-28-24(26,20-13-5-2-6-14-20)22-16-8-9-17-27-23/h1-6,11-14H,7-10,15-18H2/t23-,24-/m1/s1. The first-order valence-corrected chi connectivity index (χ1v) is 24.2. The topological polar surface area (TPSA) is 18.5 Å². The van der Waals surface area contributed by atoms with Gasteiger partial charge in [-0.25, -0.2) is 0 Å². The molecule has 0 aliphatic carbocycles. The Bertz CT molecular complexity index is 724. The molecule has 2 atom stereocenters. The van der Waals surface area contributed by atoms with Crippen LogP contribution in [0.4, 0.5) is 0 Å². The molecule has 2 nitrogen and oxygen atoms in total. The van der Waals surface area contributed by atoms with Crippen molar-refractivity contribution in [2.45, 2.75) is 36.3 Å². The molecule has 1 fully saturated rings. The molecule has 28 heavy (non-hydrogen) atoms. The molecule has 0 saturated carbocycles. The van der Waals surface area contributed by atoms with Gasteiger partial charge >= 0.3 is 198 Å². The predicted octanol–water partition coefficient (Wildman–Crippen LogP) is 4.35. The maximum atomic E-state index is 6.56. The first-order valence-electron chi connectivity index (χ1n) is 9.52. The van der Waals surface area contributed by atoms with Crippen molar-refractivity contribution in [2.75, 3.05) is 13.2 Å². The van der Waals surface area contributed by atoms with E-state index in [0.29, 0.717) is 29.0 Å². The third kappa shape index (κ3) is 7.17. The summed E-state index contributed by atoms with van der Waals surface area (Å²) in [7, 11) is 0. The van der Waals surface area contributed by atoms with Crippen molar-refractivity contribution < 1.29 is 9.05 Å². The van der Waals surface area contributed by atoms with Crippen LogP contribution in [-0.2, 0) is 9.05 Å². The Balaban J connectivity index is 1.65. The second-order valence-electron chi connectivity index (χ2n) is 6.41. The zero-order chi connectivity index (χ0) is 19.7. The molecule has 0 unspecified atom stereocenters. The van der Waals surface area contributed by atoms with Crippen LogP contribution in [0.2, 0.25) is 10.6 Å². The molecule has 0 radical (unpaired) electrons. The SMILES string of the molecule is [Se]=[P@@]1(c2ccccc2)OCCCC[Se][P@](=[Se])(c2ccccc2)OCCCC[Se]1. The minimum absolute atomic E-state index is 0.479. The summed E-state index contributed by atoms with van der Waals surface area (Å²) in [4.78, 5) is 0. The molecule has 0 bridgehead atoms. The second kappa shape index (κ2) is 12.4. The fourth-order valence-electron chi connectivity index (χ4n) is 2.74. The van der Waals surface area contributed by atoms with E-state index in [-0.39, 0.29) is 0 Å². The van der Waals surface area contributed by atoms with Crippen molar-refractivity contribution in [1.82, 2.24) is 0 Å². The molecule has 1 heterocycles. The molecule has 0 aromatic heterocycles. The van der Waals surface area contributed by atoms with Gasteiger partial charge in [-0.1, -0.05) is 0 Å². The van der Waals surface area contributed by atoms with Crippen LogP contribution in [0.5, 0.6) is 0 Å². The predicted molar refractivity (Wildman–Crippen MR) is 129 cm³/mol. The van der Waals surface area contributed by atoms with Gasteiger partial charge in [-0.2, -0.15) is 0 Å². The van der Waals surface area contributed by atoms with Crippen molar-refractivity contribution in [3.8, 4) is 0 Å². The Kier molecular flexibility index (Phi) is 10.6. The molecule has 0 spiro atoms. The molecule has 1 saturated heterocycles. The van der Waals surface area contributed by atoms with Gasteiger partial charge in [0.25, 0.3) is 0 Å². The van der Waals surface area contributed by atoms with Gasteiger partial charge in [-0.05, 0) is 0 Å². The Morgan fingerprint density at radius 1 is 0.607 bits per heavy atom. The van der Waals surface area contributed by atoms with Crippen LogP contribution < -0.4 is 10.6 Å². The van der Waals surface area contributed by atoms with E-state index in [9.17, 15) is 0 Å². The molecule has 1 aliphatic heterocycles. The van der Waals surface area contributed by atoms with Crippen LogP contribution in [-0.4, -0.2) is 72.4 Å². The van der Waals surface area contributed by atoms with E-state index in [1.165, 1.54) is 34.1 Å². The van der Waals surface area contributed by atoms with Crippen LogP contribution >= 0.6 is 8.85 Å². The summed E-state index contributed by atoms with van der Waals surface area (Å²) in [5.74, 6) is 0. The van der Waals surface area contributed by atoms with Gasteiger partial charge in [0.1, 0.15) is 0 Å². The minimum atomic E-state index is -1.56. The summed E-state index contributed by atoms with van der Waals surface area (Å²) < 4.78 is 9.99. The zero-order valence-corrected chi connectivity index (χ0v) is 24.4. The third-order valence-corrected chi connectivity index (χ3v) is 30.9. The molecule has 3 rings (SSSR count). The maximum absolute atomic E-state index is 6.56. The monoisotopic (exact) mass is 680 g/mol. The van der Waals surface area contributed by atoms with Crippen molar-refractivity contribution in [2.24, 2.45) is 0 Å². The molecule has 0 N–H and O–H groups in total. The van der Waals surface area contributed by atoms with Crippen LogP contribution in [0.3, 0.4) is 0 Å². The quantitative estimate of drug-likeness (QED) is 0.349. The fourth-order valence-corrected chi connectivity index (χ4v) is 24.2. The number of hydrogen-bond donors (Lipinski definition) is 0. The summed E-state index contributed by atoms with van der Waals surface area (Å²) in [5.41, 5.74) is 0. The first kappa shape index (κ1) is 24.0. The van der Waals surface area contributed by atoms with Crippen LogP contribution in [0.15, 0.2) is 60.7 Å². The molecular weight excluding hydrogens is 650 g/mol. The van der Waals surface area contributed by atoms with E-state index >= 15 is 0 Å². The molecule has 2 aromatic rings. The Morgan fingerprint density at radius 2 is 1.00 bits per heavy atom. The van der Waals surface area contributed by atoms with E-state index in [4.69, 9.17) is 9.05 Å². The normalized spacial score (nSPS) is 28.3. The van der Waals surface area contributed by atoms with Crippen molar-refractivity contribution in [3.63, 3.8) is 0 Å². The van der Waals surface area contributed by atoms with Gasteiger partial charge in [0.05, 0.1) is 0 Å². The number of benzene rings is 2. The van der Waals surface area contributed by atoms with Crippen molar-refractivity contribution in [1.29, 1.82) is 0 Å². The second-order valence-corrected chi connectivity index (χ2v) is 35.4. The van der Waals surface area contributed by atoms with E-state index < -0.39 is 8.85 Å². The van der Waals surface area contributed by atoms with Gasteiger partial charge in [-0.15, -0.1) is 0 Å². The Labute approximate surface area is 196 Å². The number of hydrogen-bond acceptors (Lipinski definition) is 2. The molecule has 1 aliphatic rings. The molecule has 152 valence electrons. The third-order valence-electron chi connectivity index (χ3n) is 4.27. The average molecular weight is 676 g/mol. The van der Waals surface area contributed by atoms with E-state index in [2.05, 4.69) is 90.9 Å². The van der Waals surface area contributed by atoms with Gasteiger partial charge < -0.3 is 0 Å². The zero-order valence-electron chi connectivity index (χ0n) is 15.8. The van der Waals surface area contributed by atoms with Gasteiger partial charge in [0, 0.05) is 0 Å². The van der Waals surface area contributed by atoms with Crippen LogP contribution in [0.25, 0.3) is 0 Å². The van der Waals surface area contributed by atoms with E-state index in [1.807, 2.05) is 0 Å². The molecule has 2 aromatic carbocycles. The Hall–Kier alpha value is 1.30.